The van der Waals surface area contributed by atoms with Gasteiger partial charge in [-0.15, -0.1) is 0 Å². The number of sulfonamides is 1. The zero-order valence-electron chi connectivity index (χ0n) is 14.8. The number of halogens is 1. The summed E-state index contributed by atoms with van der Waals surface area (Å²) in [6.45, 7) is 2.05. The number of rotatable bonds is 5. The molecule has 1 aromatic rings. The van der Waals surface area contributed by atoms with E-state index in [2.05, 4.69) is 12.2 Å². The minimum atomic E-state index is -3.69. The second kappa shape index (κ2) is 6.89. The van der Waals surface area contributed by atoms with E-state index >= 15 is 0 Å². The van der Waals surface area contributed by atoms with Crippen LogP contribution >= 0.6 is 11.6 Å². The molecule has 2 aliphatic rings. The van der Waals surface area contributed by atoms with Crippen molar-refractivity contribution >= 4 is 27.5 Å². The van der Waals surface area contributed by atoms with Crippen molar-refractivity contribution in [2.75, 3.05) is 14.1 Å². The van der Waals surface area contributed by atoms with Crippen LogP contribution in [0.15, 0.2) is 23.1 Å². The van der Waals surface area contributed by atoms with Crippen LogP contribution in [0.4, 0.5) is 0 Å². The number of nitrogens with one attached hydrogen (secondary N) is 1. The lowest BCUT2D eigenvalue weighted by molar-refractivity contribution is 0.0915. The predicted molar refractivity (Wildman–Crippen MR) is 98.2 cm³/mol. The molecule has 2 bridgehead atoms. The first-order valence-corrected chi connectivity index (χ1v) is 10.5. The van der Waals surface area contributed by atoms with Gasteiger partial charge in [-0.05, 0) is 62.1 Å². The lowest BCUT2D eigenvalue weighted by atomic mass is 9.84. The molecule has 1 aromatic carbocycles. The van der Waals surface area contributed by atoms with Crippen molar-refractivity contribution in [1.82, 2.24) is 9.62 Å². The summed E-state index contributed by atoms with van der Waals surface area (Å²) in [6, 6.07) is 4.49. The van der Waals surface area contributed by atoms with Gasteiger partial charge in [0.15, 0.2) is 0 Å². The third-order valence-corrected chi connectivity index (χ3v) is 8.04. The summed E-state index contributed by atoms with van der Waals surface area (Å²) in [4.78, 5) is 12.6. The van der Waals surface area contributed by atoms with Gasteiger partial charge in [-0.1, -0.05) is 18.0 Å². The number of fused-ring (bicyclic) bond motifs is 2. The fourth-order valence-electron chi connectivity index (χ4n) is 4.34. The van der Waals surface area contributed by atoms with Crippen LogP contribution in [0.25, 0.3) is 0 Å². The Hall–Kier alpha value is -1.11. The summed E-state index contributed by atoms with van der Waals surface area (Å²) >= 11 is 6.04. The number of amides is 1. The smallest absolute Gasteiger partial charge is 0.251 e. The molecule has 0 aliphatic heterocycles. The number of nitrogens with zero attached hydrogens (tertiary/aromatic N) is 1. The van der Waals surface area contributed by atoms with E-state index in [0.717, 1.165) is 16.1 Å². The topological polar surface area (TPSA) is 66.5 Å². The molecular weight excluding hydrogens is 360 g/mol. The van der Waals surface area contributed by atoms with Crippen molar-refractivity contribution < 1.29 is 13.2 Å². The second-order valence-electron chi connectivity index (χ2n) is 7.53. The van der Waals surface area contributed by atoms with Crippen molar-refractivity contribution in [2.45, 2.75) is 43.5 Å². The molecule has 1 N–H and O–H groups in total. The van der Waals surface area contributed by atoms with Crippen molar-refractivity contribution in [3.63, 3.8) is 0 Å². The zero-order chi connectivity index (χ0) is 18.4. The van der Waals surface area contributed by atoms with Crippen LogP contribution in [-0.4, -0.2) is 38.8 Å². The van der Waals surface area contributed by atoms with E-state index in [9.17, 15) is 13.2 Å². The molecule has 0 aromatic heterocycles. The van der Waals surface area contributed by atoms with Gasteiger partial charge in [0.25, 0.3) is 5.91 Å². The molecule has 0 spiro atoms. The standard InChI is InChI=1S/C18H25ClN2O3S/c1-11(15-9-12-4-5-13(15)8-12)20-18(22)14-6-7-16(19)17(10-14)25(23,24)21(2)3/h6-7,10-13,15H,4-5,8-9H2,1-3H3,(H,20,22). The molecular formula is C18H25ClN2O3S. The molecule has 0 heterocycles. The van der Waals surface area contributed by atoms with E-state index < -0.39 is 10.0 Å². The average Bonchev–Trinajstić information content (AvgIpc) is 3.17. The van der Waals surface area contributed by atoms with Gasteiger partial charge in [0.2, 0.25) is 10.0 Å². The van der Waals surface area contributed by atoms with Crippen molar-refractivity contribution in [1.29, 1.82) is 0 Å². The second-order valence-corrected chi connectivity index (χ2v) is 10.1. The maximum atomic E-state index is 12.6. The lowest BCUT2D eigenvalue weighted by Crippen LogP contribution is -2.40. The molecule has 0 saturated heterocycles. The van der Waals surface area contributed by atoms with Crippen LogP contribution in [-0.2, 0) is 10.0 Å². The van der Waals surface area contributed by atoms with Gasteiger partial charge >= 0.3 is 0 Å². The van der Waals surface area contributed by atoms with Gasteiger partial charge in [0.1, 0.15) is 4.90 Å². The first-order valence-electron chi connectivity index (χ1n) is 8.73. The number of benzene rings is 1. The van der Waals surface area contributed by atoms with Crippen molar-refractivity contribution in [3.8, 4) is 0 Å². The fourth-order valence-corrected chi connectivity index (χ4v) is 5.74. The van der Waals surface area contributed by atoms with Crippen LogP contribution in [0.2, 0.25) is 5.02 Å². The predicted octanol–water partition coefficient (Wildman–Crippen LogP) is 3.14. The Labute approximate surface area is 154 Å². The van der Waals surface area contributed by atoms with Crippen LogP contribution in [0.5, 0.6) is 0 Å². The monoisotopic (exact) mass is 384 g/mol. The highest BCUT2D eigenvalue weighted by atomic mass is 35.5. The first-order chi connectivity index (χ1) is 11.7. The normalized spacial score (nSPS) is 26.8. The molecule has 2 saturated carbocycles. The average molecular weight is 385 g/mol. The first kappa shape index (κ1) is 18.7. The number of hydrogen-bond donors (Lipinski definition) is 1. The lowest BCUT2D eigenvalue weighted by Gasteiger charge is -2.28. The SMILES string of the molecule is CC(NC(=O)c1ccc(Cl)c(S(=O)(=O)N(C)C)c1)C1CC2CCC1C2. The van der Waals surface area contributed by atoms with Crippen LogP contribution in [0.3, 0.4) is 0 Å². The van der Waals surface area contributed by atoms with E-state index in [-0.39, 0.29) is 21.9 Å². The van der Waals surface area contributed by atoms with Crippen molar-refractivity contribution in [3.05, 3.63) is 28.8 Å². The van der Waals surface area contributed by atoms with Gasteiger partial charge in [0.05, 0.1) is 5.02 Å². The zero-order valence-corrected chi connectivity index (χ0v) is 16.4. The highest BCUT2D eigenvalue weighted by Crippen LogP contribution is 2.49. The van der Waals surface area contributed by atoms with Crippen LogP contribution in [0, 0.1) is 17.8 Å². The largest absolute Gasteiger partial charge is 0.349 e. The Bertz CT molecular complexity index is 779. The summed E-state index contributed by atoms with van der Waals surface area (Å²) in [5.41, 5.74) is 0.319. The molecule has 1 amide bonds. The molecule has 0 radical (unpaired) electrons. The molecule has 5 nitrogen and oxygen atoms in total. The summed E-state index contributed by atoms with van der Waals surface area (Å²) < 4.78 is 25.8. The van der Waals surface area contributed by atoms with Gasteiger partial charge in [0, 0.05) is 25.7 Å². The van der Waals surface area contributed by atoms with Crippen LogP contribution < -0.4 is 5.32 Å². The Morgan fingerprint density at radius 2 is 2.00 bits per heavy atom. The van der Waals surface area contributed by atoms with E-state index in [0.29, 0.717) is 11.5 Å². The van der Waals surface area contributed by atoms with Crippen molar-refractivity contribution in [2.24, 2.45) is 17.8 Å². The Morgan fingerprint density at radius 3 is 2.56 bits per heavy atom. The van der Waals surface area contributed by atoms with E-state index in [1.54, 1.807) is 6.07 Å². The summed E-state index contributed by atoms with van der Waals surface area (Å²) in [7, 11) is -0.813. The quantitative estimate of drug-likeness (QED) is 0.847. The summed E-state index contributed by atoms with van der Waals surface area (Å²) in [5.74, 6) is 1.82. The molecule has 138 valence electrons. The maximum absolute atomic E-state index is 12.6. The van der Waals surface area contributed by atoms with E-state index in [4.69, 9.17) is 11.6 Å². The minimum absolute atomic E-state index is 0.0422. The van der Waals surface area contributed by atoms with Gasteiger partial charge in [-0.2, -0.15) is 0 Å². The third kappa shape index (κ3) is 3.57. The number of carbonyl (C=O) groups is 1. The molecule has 2 fully saturated rings. The third-order valence-electron chi connectivity index (χ3n) is 5.75. The summed E-state index contributed by atoms with van der Waals surface area (Å²) in [6.07, 6.45) is 5.07. The van der Waals surface area contributed by atoms with Gasteiger partial charge in [-0.25, -0.2) is 12.7 Å². The highest BCUT2D eigenvalue weighted by Gasteiger charge is 2.42. The van der Waals surface area contributed by atoms with Gasteiger partial charge < -0.3 is 5.32 Å². The Morgan fingerprint density at radius 1 is 1.28 bits per heavy atom. The molecule has 25 heavy (non-hydrogen) atoms. The maximum Gasteiger partial charge on any atom is 0.251 e. The van der Waals surface area contributed by atoms with E-state index in [1.165, 1.54) is 51.9 Å². The summed E-state index contributed by atoms with van der Waals surface area (Å²) in [5, 5.41) is 3.18. The molecule has 4 atom stereocenters. The highest BCUT2D eigenvalue weighted by molar-refractivity contribution is 7.89. The van der Waals surface area contributed by atoms with Gasteiger partial charge in [-0.3, -0.25) is 4.79 Å². The molecule has 3 rings (SSSR count). The minimum Gasteiger partial charge on any atom is -0.349 e. The Kier molecular flexibility index (Phi) is 5.15. The fraction of sp³-hybridized carbons (Fsp3) is 0.611. The van der Waals surface area contributed by atoms with Crippen LogP contribution in [0.1, 0.15) is 43.0 Å². The molecule has 2 aliphatic carbocycles. The molecule has 4 unspecified atom stereocenters. The Balaban J connectivity index is 1.76. The number of carbonyl (C=O) groups excluding carboxylic acids is 1. The number of hydrogen-bond acceptors (Lipinski definition) is 3. The molecule has 7 heteroatoms. The van der Waals surface area contributed by atoms with E-state index in [1.807, 2.05) is 0 Å².